The topological polar surface area (TPSA) is 61.5 Å². The van der Waals surface area contributed by atoms with Crippen molar-refractivity contribution >= 4 is 34.2 Å². The van der Waals surface area contributed by atoms with E-state index >= 15 is 0 Å². The standard InChI is InChI=1S/C12H6Cl2FN3O/c13-5-2-1-3-6(14)8(5)11-17-9-7(15)4-16-12(19)10(9)18-11/h1-4H,(H,16,19)(H,17,18). The van der Waals surface area contributed by atoms with E-state index in [0.29, 0.717) is 15.6 Å². The maximum Gasteiger partial charge on any atom is 0.274 e. The molecule has 4 nitrogen and oxygen atoms in total. The van der Waals surface area contributed by atoms with Crippen LogP contribution < -0.4 is 5.56 Å². The van der Waals surface area contributed by atoms with E-state index in [2.05, 4.69) is 15.0 Å². The molecule has 0 atom stereocenters. The molecule has 2 aromatic heterocycles. The predicted octanol–water partition coefficient (Wildman–Crippen LogP) is 3.36. The lowest BCUT2D eigenvalue weighted by Crippen LogP contribution is -2.06. The molecular weight excluding hydrogens is 292 g/mol. The Morgan fingerprint density at radius 1 is 1.21 bits per heavy atom. The summed E-state index contributed by atoms with van der Waals surface area (Å²) in [5.74, 6) is -0.374. The lowest BCUT2D eigenvalue weighted by Gasteiger charge is -2.02. The largest absolute Gasteiger partial charge is 0.333 e. The minimum absolute atomic E-state index is 0.0465. The first-order chi connectivity index (χ1) is 9.08. The van der Waals surface area contributed by atoms with Gasteiger partial charge in [0.05, 0.1) is 15.6 Å². The Kier molecular flexibility index (Phi) is 2.80. The molecule has 0 radical (unpaired) electrons. The number of H-pyrrole nitrogens is 2. The number of aromatic amines is 2. The van der Waals surface area contributed by atoms with Crippen LogP contribution in [0.2, 0.25) is 10.0 Å². The summed E-state index contributed by atoms with van der Waals surface area (Å²) >= 11 is 12.1. The van der Waals surface area contributed by atoms with Gasteiger partial charge in [-0.2, -0.15) is 0 Å². The smallest absolute Gasteiger partial charge is 0.274 e. The number of rotatable bonds is 1. The third kappa shape index (κ3) is 1.91. The zero-order valence-corrected chi connectivity index (χ0v) is 10.8. The highest BCUT2D eigenvalue weighted by Gasteiger charge is 2.16. The van der Waals surface area contributed by atoms with Crippen LogP contribution in [0.5, 0.6) is 0 Å². The second-order valence-corrected chi connectivity index (χ2v) is 4.69. The van der Waals surface area contributed by atoms with Gasteiger partial charge in [0.15, 0.2) is 5.82 Å². The molecule has 3 rings (SSSR count). The lowest BCUT2D eigenvalue weighted by molar-refractivity contribution is 0.630. The summed E-state index contributed by atoms with van der Waals surface area (Å²) in [5.41, 5.74) is -0.0279. The molecule has 0 unspecified atom stereocenters. The first kappa shape index (κ1) is 12.2. The number of hydrogen-bond acceptors (Lipinski definition) is 2. The molecule has 0 fully saturated rings. The molecule has 2 heterocycles. The van der Waals surface area contributed by atoms with Crippen LogP contribution in [-0.4, -0.2) is 15.0 Å². The Bertz CT molecular complexity index is 820. The van der Waals surface area contributed by atoms with Crippen LogP contribution in [0.25, 0.3) is 22.4 Å². The van der Waals surface area contributed by atoms with Crippen molar-refractivity contribution in [2.75, 3.05) is 0 Å². The van der Waals surface area contributed by atoms with Gasteiger partial charge in [-0.25, -0.2) is 9.37 Å². The van der Waals surface area contributed by atoms with Gasteiger partial charge in [-0.3, -0.25) is 4.79 Å². The number of benzene rings is 1. The zero-order chi connectivity index (χ0) is 13.6. The van der Waals surface area contributed by atoms with Crippen molar-refractivity contribution in [2.24, 2.45) is 0 Å². The van der Waals surface area contributed by atoms with Crippen molar-refractivity contribution in [1.29, 1.82) is 0 Å². The van der Waals surface area contributed by atoms with E-state index in [4.69, 9.17) is 23.2 Å². The summed E-state index contributed by atoms with van der Waals surface area (Å²) in [7, 11) is 0. The van der Waals surface area contributed by atoms with E-state index < -0.39 is 11.4 Å². The van der Waals surface area contributed by atoms with Gasteiger partial charge in [-0.05, 0) is 12.1 Å². The fraction of sp³-hybridized carbons (Fsp3) is 0. The Hall–Kier alpha value is -1.85. The first-order valence-corrected chi connectivity index (χ1v) is 6.05. The molecule has 1 aromatic carbocycles. The van der Waals surface area contributed by atoms with Gasteiger partial charge in [0, 0.05) is 6.20 Å². The SMILES string of the molecule is O=c1[nH]cc(F)c2nc(-c3c(Cl)cccc3Cl)[nH]c12. The summed E-state index contributed by atoms with van der Waals surface area (Å²) in [4.78, 5) is 20.6. The Morgan fingerprint density at radius 3 is 2.53 bits per heavy atom. The highest BCUT2D eigenvalue weighted by Crippen LogP contribution is 2.33. The fourth-order valence-corrected chi connectivity index (χ4v) is 2.40. The minimum atomic E-state index is -0.625. The van der Waals surface area contributed by atoms with Gasteiger partial charge in [0.25, 0.3) is 5.56 Å². The van der Waals surface area contributed by atoms with Crippen LogP contribution >= 0.6 is 23.2 Å². The summed E-state index contributed by atoms with van der Waals surface area (Å²) < 4.78 is 13.6. The number of hydrogen-bond donors (Lipinski definition) is 2. The summed E-state index contributed by atoms with van der Waals surface area (Å²) in [5, 5.41) is 0.729. The second-order valence-electron chi connectivity index (χ2n) is 3.87. The molecule has 0 aliphatic heterocycles. The van der Waals surface area contributed by atoms with Crippen LogP contribution in [0, 0.1) is 5.82 Å². The van der Waals surface area contributed by atoms with E-state index in [1.807, 2.05) is 0 Å². The molecule has 19 heavy (non-hydrogen) atoms. The monoisotopic (exact) mass is 297 g/mol. The number of fused-ring (bicyclic) bond motifs is 1. The number of aromatic nitrogens is 3. The Balaban J connectivity index is 2.36. The molecule has 0 spiro atoms. The van der Waals surface area contributed by atoms with E-state index in [1.165, 1.54) is 0 Å². The van der Waals surface area contributed by atoms with Crippen molar-refractivity contribution in [2.45, 2.75) is 0 Å². The number of nitrogens with one attached hydrogen (secondary N) is 2. The number of pyridine rings is 1. The van der Waals surface area contributed by atoms with Crippen molar-refractivity contribution < 1.29 is 4.39 Å². The molecule has 0 aliphatic carbocycles. The lowest BCUT2D eigenvalue weighted by atomic mass is 10.2. The summed E-state index contributed by atoms with van der Waals surface area (Å²) in [6.07, 6.45) is 0.962. The number of imidazole rings is 1. The molecule has 0 saturated heterocycles. The third-order valence-electron chi connectivity index (χ3n) is 2.69. The van der Waals surface area contributed by atoms with Crippen LogP contribution in [0.3, 0.4) is 0 Å². The average molecular weight is 298 g/mol. The van der Waals surface area contributed by atoms with Crippen molar-refractivity contribution in [3.05, 3.63) is 50.6 Å². The quantitative estimate of drug-likeness (QED) is 0.723. The van der Waals surface area contributed by atoms with Crippen LogP contribution in [0.1, 0.15) is 0 Å². The Morgan fingerprint density at radius 2 is 1.89 bits per heavy atom. The Labute approximate surface area is 116 Å². The molecule has 96 valence electrons. The highest BCUT2D eigenvalue weighted by molar-refractivity contribution is 6.39. The van der Waals surface area contributed by atoms with Crippen molar-refractivity contribution in [3.8, 4) is 11.4 Å². The van der Waals surface area contributed by atoms with Crippen molar-refractivity contribution in [3.63, 3.8) is 0 Å². The maximum absolute atomic E-state index is 13.6. The molecule has 0 bridgehead atoms. The van der Waals surface area contributed by atoms with Gasteiger partial charge in [-0.1, -0.05) is 29.3 Å². The van der Waals surface area contributed by atoms with Crippen LogP contribution in [0.15, 0.2) is 29.2 Å². The first-order valence-electron chi connectivity index (χ1n) is 5.29. The third-order valence-corrected chi connectivity index (χ3v) is 3.32. The predicted molar refractivity (Wildman–Crippen MR) is 72.1 cm³/mol. The molecule has 2 N–H and O–H groups in total. The van der Waals surface area contributed by atoms with Crippen LogP contribution in [0.4, 0.5) is 4.39 Å². The average Bonchev–Trinajstić information content (AvgIpc) is 2.80. The molecule has 0 amide bonds. The minimum Gasteiger partial charge on any atom is -0.333 e. The van der Waals surface area contributed by atoms with E-state index in [1.54, 1.807) is 18.2 Å². The normalized spacial score (nSPS) is 11.1. The molecular formula is C12H6Cl2FN3O. The van der Waals surface area contributed by atoms with Crippen molar-refractivity contribution in [1.82, 2.24) is 15.0 Å². The number of nitrogens with zero attached hydrogens (tertiary/aromatic N) is 1. The maximum atomic E-state index is 13.6. The number of halogens is 3. The van der Waals surface area contributed by atoms with Gasteiger partial charge < -0.3 is 9.97 Å². The van der Waals surface area contributed by atoms with Gasteiger partial charge in [0.2, 0.25) is 0 Å². The van der Waals surface area contributed by atoms with E-state index in [0.717, 1.165) is 6.20 Å². The van der Waals surface area contributed by atoms with E-state index in [-0.39, 0.29) is 16.9 Å². The van der Waals surface area contributed by atoms with E-state index in [9.17, 15) is 9.18 Å². The van der Waals surface area contributed by atoms with Gasteiger partial charge in [-0.15, -0.1) is 0 Å². The highest BCUT2D eigenvalue weighted by atomic mass is 35.5. The molecule has 0 saturated carbocycles. The fourth-order valence-electron chi connectivity index (χ4n) is 1.82. The zero-order valence-electron chi connectivity index (χ0n) is 9.30. The summed E-state index contributed by atoms with van der Waals surface area (Å²) in [6, 6.07) is 4.96. The van der Waals surface area contributed by atoms with Gasteiger partial charge in [0.1, 0.15) is 16.9 Å². The molecule has 3 aromatic rings. The van der Waals surface area contributed by atoms with Crippen LogP contribution in [-0.2, 0) is 0 Å². The second kappa shape index (κ2) is 4.36. The van der Waals surface area contributed by atoms with Gasteiger partial charge >= 0.3 is 0 Å². The molecule has 7 heteroatoms. The summed E-state index contributed by atoms with van der Waals surface area (Å²) in [6.45, 7) is 0. The molecule has 0 aliphatic rings.